The number of carbonyl (C=O) groups is 2. The fraction of sp³-hybridized carbons (Fsp3) is 0.222. The molecule has 24 heavy (non-hydrogen) atoms. The van der Waals surface area contributed by atoms with Crippen molar-refractivity contribution >= 4 is 17.5 Å². The van der Waals surface area contributed by atoms with Crippen LogP contribution in [0.4, 0.5) is 0 Å². The molecule has 0 saturated carbocycles. The highest BCUT2D eigenvalue weighted by molar-refractivity contribution is 6.01. The van der Waals surface area contributed by atoms with E-state index in [-0.39, 0.29) is 18.2 Å². The van der Waals surface area contributed by atoms with Gasteiger partial charge in [0, 0.05) is 24.7 Å². The van der Waals surface area contributed by atoms with Crippen molar-refractivity contribution in [3.05, 3.63) is 66.0 Å². The van der Waals surface area contributed by atoms with Crippen molar-refractivity contribution in [3.63, 3.8) is 0 Å². The fourth-order valence-electron chi connectivity index (χ4n) is 2.03. The lowest BCUT2D eigenvalue weighted by Crippen LogP contribution is -2.28. The standard InChI is InChI=1S/C18H20N4O2/c1-14(21-22-18(24)16-8-5-10-19-13-16)12-17(23)20-11-9-15-6-3-2-4-7-15/h2-8,10,13H,9,11-12H2,1H3,(H,20,23)(H,22,24)/b21-14+. The second-order valence-corrected chi connectivity index (χ2v) is 5.29. The smallest absolute Gasteiger partial charge is 0.272 e. The van der Waals surface area contributed by atoms with Crippen molar-refractivity contribution in [1.82, 2.24) is 15.7 Å². The van der Waals surface area contributed by atoms with Gasteiger partial charge in [-0.2, -0.15) is 5.10 Å². The molecule has 0 unspecified atom stereocenters. The summed E-state index contributed by atoms with van der Waals surface area (Å²) in [5.74, 6) is -0.477. The van der Waals surface area contributed by atoms with Crippen LogP contribution in [0.1, 0.15) is 29.3 Å². The van der Waals surface area contributed by atoms with Gasteiger partial charge in [-0.25, -0.2) is 5.43 Å². The van der Waals surface area contributed by atoms with Gasteiger partial charge in [-0.15, -0.1) is 0 Å². The molecule has 2 amide bonds. The number of pyridine rings is 1. The number of rotatable bonds is 7. The first kappa shape index (κ1) is 17.3. The van der Waals surface area contributed by atoms with Crippen LogP contribution < -0.4 is 10.7 Å². The highest BCUT2D eigenvalue weighted by atomic mass is 16.2. The molecular formula is C18H20N4O2. The molecular weight excluding hydrogens is 304 g/mol. The van der Waals surface area contributed by atoms with Crippen molar-refractivity contribution < 1.29 is 9.59 Å². The Morgan fingerprint density at radius 1 is 1.12 bits per heavy atom. The van der Waals surface area contributed by atoms with Gasteiger partial charge in [0.2, 0.25) is 5.91 Å². The maximum absolute atomic E-state index is 11.8. The van der Waals surface area contributed by atoms with Crippen LogP contribution in [0, 0.1) is 0 Å². The summed E-state index contributed by atoms with van der Waals surface area (Å²) in [6, 6.07) is 13.3. The number of amides is 2. The van der Waals surface area contributed by atoms with Gasteiger partial charge in [-0.05, 0) is 31.0 Å². The average Bonchev–Trinajstić information content (AvgIpc) is 2.61. The zero-order valence-electron chi connectivity index (χ0n) is 13.5. The summed E-state index contributed by atoms with van der Waals surface area (Å²) >= 11 is 0. The van der Waals surface area contributed by atoms with Crippen molar-refractivity contribution in [2.75, 3.05) is 6.54 Å². The molecule has 0 bridgehead atoms. The maximum atomic E-state index is 11.8. The molecule has 6 heteroatoms. The Morgan fingerprint density at radius 3 is 2.62 bits per heavy atom. The molecule has 1 aromatic heterocycles. The third-order valence-electron chi connectivity index (χ3n) is 3.27. The SMILES string of the molecule is C/C(CC(=O)NCCc1ccccc1)=N\NC(=O)c1cccnc1. The lowest BCUT2D eigenvalue weighted by atomic mass is 10.1. The second kappa shape index (κ2) is 9.19. The molecule has 2 aromatic rings. The van der Waals surface area contributed by atoms with E-state index in [0.717, 1.165) is 6.42 Å². The van der Waals surface area contributed by atoms with Crippen LogP contribution in [0.5, 0.6) is 0 Å². The van der Waals surface area contributed by atoms with Gasteiger partial charge in [0.05, 0.1) is 12.0 Å². The minimum atomic E-state index is -0.355. The molecule has 6 nitrogen and oxygen atoms in total. The summed E-state index contributed by atoms with van der Waals surface area (Å²) in [5.41, 5.74) is 4.54. The highest BCUT2D eigenvalue weighted by Gasteiger charge is 2.06. The first-order chi connectivity index (χ1) is 11.6. The Hall–Kier alpha value is -3.02. The number of carbonyl (C=O) groups excluding carboxylic acids is 2. The summed E-state index contributed by atoms with van der Waals surface area (Å²) in [7, 11) is 0. The number of hydrogen-bond donors (Lipinski definition) is 2. The average molecular weight is 324 g/mol. The molecule has 0 aliphatic rings. The number of hydrazone groups is 1. The van der Waals surface area contributed by atoms with Crippen LogP contribution in [-0.2, 0) is 11.2 Å². The van der Waals surface area contributed by atoms with Crippen LogP contribution >= 0.6 is 0 Å². The van der Waals surface area contributed by atoms with E-state index >= 15 is 0 Å². The Balaban J connectivity index is 1.71. The molecule has 1 aromatic carbocycles. The van der Waals surface area contributed by atoms with Gasteiger partial charge >= 0.3 is 0 Å². The number of nitrogens with one attached hydrogen (secondary N) is 2. The van der Waals surface area contributed by atoms with E-state index in [1.165, 1.54) is 11.8 Å². The molecule has 0 saturated heterocycles. The normalized spacial score (nSPS) is 11.0. The lowest BCUT2D eigenvalue weighted by Gasteiger charge is -2.06. The van der Waals surface area contributed by atoms with Crippen molar-refractivity contribution in [2.24, 2.45) is 5.10 Å². The highest BCUT2D eigenvalue weighted by Crippen LogP contribution is 1.98. The molecule has 124 valence electrons. The topological polar surface area (TPSA) is 83.5 Å². The molecule has 0 spiro atoms. The first-order valence-electron chi connectivity index (χ1n) is 7.69. The van der Waals surface area contributed by atoms with Gasteiger partial charge in [-0.3, -0.25) is 14.6 Å². The molecule has 1 heterocycles. The number of benzene rings is 1. The predicted molar refractivity (Wildman–Crippen MR) is 92.6 cm³/mol. The van der Waals surface area contributed by atoms with Crippen molar-refractivity contribution in [2.45, 2.75) is 19.8 Å². The van der Waals surface area contributed by atoms with Gasteiger partial charge in [-0.1, -0.05) is 30.3 Å². The number of nitrogens with zero attached hydrogens (tertiary/aromatic N) is 2. The van der Waals surface area contributed by atoms with Crippen LogP contribution in [0.15, 0.2) is 60.0 Å². The maximum Gasteiger partial charge on any atom is 0.272 e. The largest absolute Gasteiger partial charge is 0.355 e. The first-order valence-corrected chi connectivity index (χ1v) is 7.69. The minimum Gasteiger partial charge on any atom is -0.355 e. The van der Waals surface area contributed by atoms with Crippen LogP contribution in [-0.4, -0.2) is 29.1 Å². The van der Waals surface area contributed by atoms with Gasteiger partial charge in [0.25, 0.3) is 5.91 Å². The van der Waals surface area contributed by atoms with Crippen LogP contribution in [0.3, 0.4) is 0 Å². The molecule has 0 aliphatic heterocycles. The minimum absolute atomic E-state index is 0.122. The monoisotopic (exact) mass is 324 g/mol. The number of hydrogen-bond acceptors (Lipinski definition) is 4. The van der Waals surface area contributed by atoms with E-state index in [1.54, 1.807) is 25.3 Å². The van der Waals surface area contributed by atoms with Gasteiger partial charge < -0.3 is 5.32 Å². The van der Waals surface area contributed by atoms with E-state index in [1.807, 2.05) is 30.3 Å². The Bertz CT molecular complexity index is 699. The summed E-state index contributed by atoms with van der Waals surface area (Å²) < 4.78 is 0. The van der Waals surface area contributed by atoms with Gasteiger partial charge in [0.1, 0.15) is 0 Å². The van der Waals surface area contributed by atoms with E-state index in [4.69, 9.17) is 0 Å². The van der Waals surface area contributed by atoms with Crippen molar-refractivity contribution in [3.8, 4) is 0 Å². The van der Waals surface area contributed by atoms with Crippen LogP contribution in [0.25, 0.3) is 0 Å². The van der Waals surface area contributed by atoms with Gasteiger partial charge in [0.15, 0.2) is 0 Å². The summed E-state index contributed by atoms with van der Waals surface area (Å²) in [6.45, 7) is 2.26. The molecule has 2 rings (SSSR count). The Labute approximate surface area is 141 Å². The summed E-state index contributed by atoms with van der Waals surface area (Å²) in [4.78, 5) is 27.5. The number of aromatic nitrogens is 1. The Kier molecular flexibility index (Phi) is 6.64. The third-order valence-corrected chi connectivity index (χ3v) is 3.27. The zero-order valence-corrected chi connectivity index (χ0v) is 13.5. The Morgan fingerprint density at radius 2 is 1.92 bits per heavy atom. The van der Waals surface area contributed by atoms with E-state index in [2.05, 4.69) is 20.8 Å². The van der Waals surface area contributed by atoms with Crippen LogP contribution in [0.2, 0.25) is 0 Å². The molecule has 0 radical (unpaired) electrons. The zero-order chi connectivity index (χ0) is 17.2. The molecule has 2 N–H and O–H groups in total. The van der Waals surface area contributed by atoms with E-state index in [9.17, 15) is 9.59 Å². The van der Waals surface area contributed by atoms with Crippen molar-refractivity contribution in [1.29, 1.82) is 0 Å². The lowest BCUT2D eigenvalue weighted by molar-refractivity contribution is -0.119. The molecule has 0 fully saturated rings. The fourth-order valence-corrected chi connectivity index (χ4v) is 2.03. The second-order valence-electron chi connectivity index (χ2n) is 5.29. The molecule has 0 aliphatic carbocycles. The van der Waals surface area contributed by atoms with E-state index in [0.29, 0.717) is 17.8 Å². The predicted octanol–water partition coefficient (Wildman–Crippen LogP) is 1.94. The summed E-state index contributed by atoms with van der Waals surface area (Å²) in [6.07, 6.45) is 3.96. The summed E-state index contributed by atoms with van der Waals surface area (Å²) in [5, 5.41) is 6.77. The molecule has 0 atom stereocenters. The quantitative estimate of drug-likeness (QED) is 0.603. The van der Waals surface area contributed by atoms with E-state index < -0.39 is 0 Å². The third kappa shape index (κ3) is 6.00.